The van der Waals surface area contributed by atoms with Gasteiger partial charge in [-0.25, -0.2) is 0 Å². The molecule has 1 atom stereocenters. The van der Waals surface area contributed by atoms with Gasteiger partial charge in [-0.2, -0.15) is 0 Å². The number of benzene rings is 1. The Balaban J connectivity index is 1.89. The summed E-state index contributed by atoms with van der Waals surface area (Å²) < 4.78 is 10.6. The summed E-state index contributed by atoms with van der Waals surface area (Å²) in [6.07, 6.45) is 5.00. The van der Waals surface area contributed by atoms with Crippen molar-refractivity contribution in [2.75, 3.05) is 20.8 Å². The summed E-state index contributed by atoms with van der Waals surface area (Å²) in [6, 6.07) is 6.52. The predicted molar refractivity (Wildman–Crippen MR) is 102 cm³/mol. The third-order valence-electron chi connectivity index (χ3n) is 4.99. The van der Waals surface area contributed by atoms with Gasteiger partial charge in [0.1, 0.15) is 0 Å². The fraction of sp³-hybridized carbons (Fsp3) is 0.500. The molecule has 1 N–H and O–H groups in total. The van der Waals surface area contributed by atoms with Crippen LogP contribution >= 0.6 is 11.3 Å². The summed E-state index contributed by atoms with van der Waals surface area (Å²) in [6.45, 7) is 4.13. The lowest BCUT2D eigenvalue weighted by molar-refractivity contribution is 0.194. The number of likely N-dealkylation sites (tertiary alicyclic amines) is 1. The minimum absolute atomic E-state index is 0.0651. The molecule has 0 amide bonds. The Labute approximate surface area is 154 Å². The van der Waals surface area contributed by atoms with Crippen LogP contribution in [0.15, 0.2) is 23.6 Å². The summed E-state index contributed by atoms with van der Waals surface area (Å²) in [4.78, 5) is 4.05. The number of aromatic hydroxyl groups is 1. The van der Waals surface area contributed by atoms with Gasteiger partial charge in [-0.15, -0.1) is 11.3 Å². The molecule has 0 aliphatic carbocycles. The second-order valence-electron chi connectivity index (χ2n) is 6.65. The van der Waals surface area contributed by atoms with Crippen LogP contribution in [-0.4, -0.2) is 30.8 Å². The molecule has 25 heavy (non-hydrogen) atoms. The third kappa shape index (κ3) is 3.93. The molecule has 1 aliphatic heterocycles. The molecule has 2 aromatic rings. The zero-order chi connectivity index (χ0) is 17.8. The first-order chi connectivity index (χ1) is 12.1. The van der Waals surface area contributed by atoms with E-state index in [4.69, 9.17) is 9.47 Å². The summed E-state index contributed by atoms with van der Waals surface area (Å²) in [5.41, 5.74) is 2.50. The lowest BCUT2D eigenvalue weighted by atomic mass is 10.0. The zero-order valence-electron chi connectivity index (χ0n) is 15.2. The quantitative estimate of drug-likeness (QED) is 0.823. The number of ether oxygens (including phenoxy) is 2. The number of methoxy groups -OCH3 is 2. The van der Waals surface area contributed by atoms with Crippen LogP contribution in [0.2, 0.25) is 0 Å². The Morgan fingerprint density at radius 3 is 2.48 bits per heavy atom. The average molecular weight is 362 g/mol. The van der Waals surface area contributed by atoms with E-state index in [1.807, 2.05) is 23.5 Å². The molecule has 1 aromatic heterocycles. The Kier molecular flexibility index (Phi) is 5.86. The van der Waals surface area contributed by atoms with E-state index in [0.29, 0.717) is 17.5 Å². The molecule has 0 bridgehead atoms. The van der Waals surface area contributed by atoms with Crippen molar-refractivity contribution >= 4 is 11.3 Å². The van der Waals surface area contributed by atoms with Gasteiger partial charge in [0.2, 0.25) is 5.75 Å². The van der Waals surface area contributed by atoms with Gasteiger partial charge >= 0.3 is 0 Å². The van der Waals surface area contributed by atoms with Crippen LogP contribution in [-0.2, 0) is 6.54 Å². The summed E-state index contributed by atoms with van der Waals surface area (Å²) in [7, 11) is 3.14. The highest BCUT2D eigenvalue weighted by Crippen LogP contribution is 2.40. The summed E-state index contributed by atoms with van der Waals surface area (Å²) in [5.74, 6) is 0.997. The maximum Gasteiger partial charge on any atom is 0.200 e. The second-order valence-corrected chi connectivity index (χ2v) is 7.60. The van der Waals surface area contributed by atoms with Crippen LogP contribution in [0, 0.1) is 6.92 Å². The van der Waals surface area contributed by atoms with Crippen molar-refractivity contribution in [1.82, 2.24) is 4.90 Å². The van der Waals surface area contributed by atoms with E-state index < -0.39 is 0 Å². The third-order valence-corrected chi connectivity index (χ3v) is 6.11. The van der Waals surface area contributed by atoms with Crippen LogP contribution < -0.4 is 9.47 Å². The fourth-order valence-corrected chi connectivity index (χ4v) is 4.75. The molecule has 0 spiro atoms. The number of phenols is 1. The number of rotatable bonds is 5. The van der Waals surface area contributed by atoms with Gasteiger partial charge in [0.25, 0.3) is 0 Å². The highest BCUT2D eigenvalue weighted by Gasteiger charge is 2.25. The Morgan fingerprint density at radius 1 is 1.16 bits per heavy atom. The zero-order valence-corrected chi connectivity index (χ0v) is 16.1. The molecule has 1 aromatic carbocycles. The van der Waals surface area contributed by atoms with Gasteiger partial charge in [-0.1, -0.05) is 12.8 Å². The van der Waals surface area contributed by atoms with Gasteiger partial charge in [0, 0.05) is 17.5 Å². The first kappa shape index (κ1) is 18.1. The number of aryl methyl sites for hydroxylation is 1. The maximum atomic E-state index is 10.1. The molecule has 1 unspecified atom stereocenters. The Morgan fingerprint density at radius 2 is 1.88 bits per heavy atom. The SMILES string of the molecule is COc1cc(CN2CCCCCC2c2sccc2C)cc(OC)c1O. The predicted octanol–water partition coefficient (Wildman–Crippen LogP) is 4.90. The van der Waals surface area contributed by atoms with Gasteiger partial charge in [0.05, 0.1) is 14.2 Å². The van der Waals surface area contributed by atoms with Gasteiger partial charge in [-0.05, 0) is 61.0 Å². The van der Waals surface area contributed by atoms with E-state index in [1.54, 1.807) is 14.2 Å². The van der Waals surface area contributed by atoms with Crippen molar-refractivity contribution in [2.45, 2.75) is 45.2 Å². The van der Waals surface area contributed by atoms with Crippen molar-refractivity contribution < 1.29 is 14.6 Å². The molecular weight excluding hydrogens is 334 g/mol. The molecular formula is C20H27NO3S. The Bertz CT molecular complexity index is 688. The van der Waals surface area contributed by atoms with Crippen LogP contribution in [0.25, 0.3) is 0 Å². The molecule has 1 fully saturated rings. The largest absolute Gasteiger partial charge is 0.502 e. The lowest BCUT2D eigenvalue weighted by Crippen LogP contribution is -2.28. The van der Waals surface area contributed by atoms with Crippen molar-refractivity contribution in [3.8, 4) is 17.2 Å². The van der Waals surface area contributed by atoms with Gasteiger partial charge < -0.3 is 14.6 Å². The van der Waals surface area contributed by atoms with E-state index in [-0.39, 0.29) is 5.75 Å². The molecule has 3 rings (SSSR count). The van der Waals surface area contributed by atoms with E-state index >= 15 is 0 Å². The van der Waals surface area contributed by atoms with Crippen molar-refractivity contribution in [3.05, 3.63) is 39.6 Å². The Hall–Kier alpha value is -1.72. The van der Waals surface area contributed by atoms with Gasteiger partial charge in [-0.3, -0.25) is 4.90 Å². The normalized spacial score (nSPS) is 18.8. The number of hydrogen-bond donors (Lipinski definition) is 1. The standard InChI is InChI=1S/C20H27NO3S/c1-14-8-10-25-20(14)16-7-5-4-6-9-21(16)13-15-11-17(23-2)19(22)18(12-15)24-3/h8,10-12,16,22H,4-7,9,13H2,1-3H3. The van der Waals surface area contributed by atoms with Crippen LogP contribution in [0.1, 0.15) is 47.7 Å². The van der Waals surface area contributed by atoms with Crippen molar-refractivity contribution in [1.29, 1.82) is 0 Å². The average Bonchev–Trinajstić information content (AvgIpc) is 2.91. The highest BCUT2D eigenvalue weighted by molar-refractivity contribution is 7.10. The monoisotopic (exact) mass is 361 g/mol. The number of hydrogen-bond acceptors (Lipinski definition) is 5. The minimum Gasteiger partial charge on any atom is -0.502 e. The fourth-order valence-electron chi connectivity index (χ4n) is 3.65. The second kappa shape index (κ2) is 8.11. The lowest BCUT2D eigenvalue weighted by Gasteiger charge is -2.30. The van der Waals surface area contributed by atoms with Gasteiger partial charge in [0.15, 0.2) is 11.5 Å². The first-order valence-electron chi connectivity index (χ1n) is 8.86. The minimum atomic E-state index is 0.0651. The van der Waals surface area contributed by atoms with E-state index in [0.717, 1.165) is 18.7 Å². The molecule has 0 saturated carbocycles. The number of thiophene rings is 1. The summed E-state index contributed by atoms with van der Waals surface area (Å²) >= 11 is 1.87. The number of phenolic OH excluding ortho intramolecular Hbond substituents is 1. The van der Waals surface area contributed by atoms with Crippen LogP contribution in [0.3, 0.4) is 0 Å². The molecule has 136 valence electrons. The molecule has 1 aliphatic rings. The molecule has 2 heterocycles. The van der Waals surface area contributed by atoms with Crippen LogP contribution in [0.5, 0.6) is 17.2 Å². The van der Waals surface area contributed by atoms with Crippen molar-refractivity contribution in [2.24, 2.45) is 0 Å². The van der Waals surface area contributed by atoms with E-state index in [9.17, 15) is 5.11 Å². The van der Waals surface area contributed by atoms with E-state index in [2.05, 4.69) is 23.3 Å². The number of nitrogens with zero attached hydrogens (tertiary/aromatic N) is 1. The molecule has 5 heteroatoms. The first-order valence-corrected chi connectivity index (χ1v) is 9.74. The van der Waals surface area contributed by atoms with Crippen LogP contribution in [0.4, 0.5) is 0 Å². The highest BCUT2D eigenvalue weighted by atomic mass is 32.1. The smallest absolute Gasteiger partial charge is 0.200 e. The van der Waals surface area contributed by atoms with Crippen molar-refractivity contribution in [3.63, 3.8) is 0 Å². The molecule has 0 radical (unpaired) electrons. The van der Waals surface area contributed by atoms with E-state index in [1.165, 1.54) is 36.1 Å². The molecule has 1 saturated heterocycles. The maximum absolute atomic E-state index is 10.1. The topological polar surface area (TPSA) is 41.9 Å². The molecule has 4 nitrogen and oxygen atoms in total. The summed E-state index contributed by atoms with van der Waals surface area (Å²) in [5, 5.41) is 12.3.